The summed E-state index contributed by atoms with van der Waals surface area (Å²) in [6, 6.07) is 9.16. The molecule has 0 N–H and O–H groups in total. The number of halogens is 6. The normalized spacial score (nSPS) is 24.6. The molecule has 6 aliphatic carbocycles. The number of hydrogen-bond donors (Lipinski definition) is 0. The number of ether oxygens (including phenoxy) is 2. The van der Waals surface area contributed by atoms with E-state index in [0.29, 0.717) is 21.3 Å². The second-order valence-electron chi connectivity index (χ2n) is 18.4. The first-order valence-corrected chi connectivity index (χ1v) is 23.7. The van der Waals surface area contributed by atoms with Crippen LogP contribution in [0.4, 0.5) is 26.3 Å². The number of hydrogen-bond acceptors (Lipinski definition) is 8. The van der Waals surface area contributed by atoms with Gasteiger partial charge in [0.15, 0.2) is 0 Å². The second kappa shape index (κ2) is 14.3. The van der Waals surface area contributed by atoms with Crippen molar-refractivity contribution in [2.45, 2.75) is 87.8 Å². The molecule has 2 spiro atoms. The molecule has 66 heavy (non-hydrogen) atoms. The summed E-state index contributed by atoms with van der Waals surface area (Å²) in [6.07, 6.45) is 11.9. The van der Waals surface area contributed by atoms with Gasteiger partial charge in [-0.15, -0.1) is 22.7 Å². The second-order valence-corrected chi connectivity index (χ2v) is 20.6. The lowest BCUT2D eigenvalue weighted by Crippen LogP contribution is -2.45. The van der Waals surface area contributed by atoms with E-state index in [2.05, 4.69) is 24.3 Å². The molecule has 2 aromatic carbocycles. The standard InChI is InChI=1S/C52H36F6O6S2/c53-51(54,55)27-7-9-31-33(19-27)35(45(61)43(31)59)21-29-23-41-47(65-29)37-15-26-18-40-38(16-25(26)17-39(37)49(63-41)11-3-1-4-12-49)48-42(64-50(40)13-5-2-6-14-50)24-30(66-48)22-36-34-20-28(52(56,57)58)8-10-32(34)44(60)46(36)62/h7-10,15-26H,1-6,11-14H2/b35-21-,36-22-. The van der Waals surface area contributed by atoms with Crippen molar-refractivity contribution in [2.24, 2.45) is 11.8 Å². The Labute approximate surface area is 381 Å². The SMILES string of the molecule is O=C1C(=O)c2ccc(C(F)(F)F)cc2/C1=C/c1cc2c(s1)C1=CC3C=C4C(=CC3C=C1C1(CCCCC1)O2)c1sc(/C=C2\C(=O)C(=O)c3ccc(C(F)(F)F)cc32)cc1OC41CCCCC1. The average molecular weight is 935 g/mol. The van der Waals surface area contributed by atoms with Gasteiger partial charge in [-0.25, -0.2) is 0 Å². The molecule has 0 bridgehead atoms. The highest BCUT2D eigenvalue weighted by molar-refractivity contribution is 7.15. The Kier molecular flexibility index (Phi) is 9.02. The molecule has 0 amide bonds. The van der Waals surface area contributed by atoms with E-state index in [4.69, 9.17) is 9.47 Å². The molecule has 2 unspecified atom stereocenters. The summed E-state index contributed by atoms with van der Waals surface area (Å²) >= 11 is 2.74. The molecule has 2 aliphatic heterocycles. The summed E-state index contributed by atoms with van der Waals surface area (Å²) in [5.74, 6) is -2.31. The van der Waals surface area contributed by atoms with Gasteiger partial charge in [0.2, 0.25) is 23.1 Å². The molecular formula is C52H36F6O6S2. The molecule has 4 heterocycles. The van der Waals surface area contributed by atoms with E-state index in [1.807, 2.05) is 12.1 Å². The zero-order valence-corrected chi connectivity index (χ0v) is 36.5. The maximum Gasteiger partial charge on any atom is 0.416 e. The first kappa shape index (κ1) is 41.6. The highest BCUT2D eigenvalue weighted by Crippen LogP contribution is 2.60. The molecular weight excluding hydrogens is 899 g/mol. The Bertz CT molecular complexity index is 2910. The van der Waals surface area contributed by atoms with Gasteiger partial charge in [0.25, 0.3) is 0 Å². The van der Waals surface area contributed by atoms with Crippen LogP contribution in [0.2, 0.25) is 0 Å². The molecule has 2 saturated carbocycles. The van der Waals surface area contributed by atoms with Gasteiger partial charge < -0.3 is 9.47 Å². The zero-order chi connectivity index (χ0) is 45.7. The first-order valence-electron chi connectivity index (χ1n) is 22.1. The third kappa shape index (κ3) is 6.26. The Morgan fingerprint density at radius 2 is 0.894 bits per heavy atom. The maximum absolute atomic E-state index is 13.8. The van der Waals surface area contributed by atoms with Crippen molar-refractivity contribution in [3.05, 3.63) is 137 Å². The highest BCUT2D eigenvalue weighted by Gasteiger charge is 2.51. The van der Waals surface area contributed by atoms with E-state index < -0.39 is 57.8 Å². The van der Waals surface area contributed by atoms with Gasteiger partial charge in [0.1, 0.15) is 22.7 Å². The molecule has 6 nitrogen and oxygen atoms in total. The van der Waals surface area contributed by atoms with Gasteiger partial charge >= 0.3 is 12.4 Å². The predicted octanol–water partition coefficient (Wildman–Crippen LogP) is 13.2. The number of carbonyl (C=O) groups is 4. The fraction of sp³-hybridized carbons (Fsp3) is 0.308. The molecule has 14 heteroatoms. The fourth-order valence-corrected chi connectivity index (χ4v) is 13.6. The third-order valence-electron chi connectivity index (χ3n) is 14.5. The van der Waals surface area contributed by atoms with Gasteiger partial charge in [-0.3, -0.25) is 19.2 Å². The third-order valence-corrected chi connectivity index (χ3v) is 16.7. The van der Waals surface area contributed by atoms with Gasteiger partial charge in [0.05, 0.1) is 20.9 Å². The van der Waals surface area contributed by atoms with Crippen LogP contribution in [-0.2, 0) is 21.9 Å². The van der Waals surface area contributed by atoms with Crippen LogP contribution in [0.1, 0.15) is 127 Å². The van der Waals surface area contributed by atoms with Crippen LogP contribution >= 0.6 is 22.7 Å². The summed E-state index contributed by atoms with van der Waals surface area (Å²) in [6.45, 7) is 0. The van der Waals surface area contributed by atoms with E-state index in [1.54, 1.807) is 0 Å². The quantitative estimate of drug-likeness (QED) is 0.113. The van der Waals surface area contributed by atoms with Gasteiger partial charge in [-0.05, 0) is 134 Å². The van der Waals surface area contributed by atoms with Crippen LogP contribution in [0.15, 0.2) is 84.0 Å². The van der Waals surface area contributed by atoms with Crippen LogP contribution in [-0.4, -0.2) is 34.3 Å². The number of benzene rings is 2. The number of rotatable bonds is 2. The van der Waals surface area contributed by atoms with Crippen LogP contribution in [0, 0.1) is 11.8 Å². The molecule has 4 aromatic rings. The highest BCUT2D eigenvalue weighted by atomic mass is 32.1. The van der Waals surface area contributed by atoms with E-state index >= 15 is 0 Å². The molecule has 0 radical (unpaired) electrons. The topological polar surface area (TPSA) is 86.7 Å². The van der Waals surface area contributed by atoms with Gasteiger partial charge in [-0.1, -0.05) is 37.1 Å². The molecule has 2 fully saturated rings. The van der Waals surface area contributed by atoms with E-state index in [1.165, 1.54) is 34.8 Å². The van der Waals surface area contributed by atoms with Crippen LogP contribution < -0.4 is 9.47 Å². The molecule has 8 aliphatic rings. The summed E-state index contributed by atoms with van der Waals surface area (Å²) < 4.78 is 96.6. The van der Waals surface area contributed by atoms with Crippen LogP contribution in [0.5, 0.6) is 11.5 Å². The largest absolute Gasteiger partial charge is 0.481 e. The number of thiophene rings is 2. The van der Waals surface area contributed by atoms with Crippen LogP contribution in [0.25, 0.3) is 34.4 Å². The molecule has 334 valence electrons. The smallest absolute Gasteiger partial charge is 0.416 e. The first-order chi connectivity index (χ1) is 31.5. The number of fused-ring (bicyclic) bond motifs is 11. The number of allylic oxidation sites excluding steroid dienone is 6. The van der Waals surface area contributed by atoms with Gasteiger partial charge in [-0.2, -0.15) is 26.3 Å². The molecule has 2 aromatic heterocycles. The number of alkyl halides is 6. The van der Waals surface area contributed by atoms with E-state index in [0.717, 1.165) is 133 Å². The number of Topliss-reactive ketones (excluding diaryl/α,β-unsaturated/α-hetero) is 4. The monoisotopic (exact) mass is 934 g/mol. The van der Waals surface area contributed by atoms with Crippen molar-refractivity contribution in [3.63, 3.8) is 0 Å². The van der Waals surface area contributed by atoms with Crippen molar-refractivity contribution >= 4 is 80.3 Å². The summed E-state index contributed by atoms with van der Waals surface area (Å²) in [4.78, 5) is 55.3. The molecule has 12 rings (SSSR count). The molecule has 2 atom stereocenters. The minimum Gasteiger partial charge on any atom is -0.481 e. The Morgan fingerprint density at radius 3 is 1.27 bits per heavy atom. The number of ketones is 4. The van der Waals surface area contributed by atoms with Crippen molar-refractivity contribution < 1.29 is 55.0 Å². The van der Waals surface area contributed by atoms with E-state index in [9.17, 15) is 45.5 Å². The Hall–Kier alpha value is -5.86. The Morgan fingerprint density at radius 1 is 0.500 bits per heavy atom. The lowest BCUT2D eigenvalue weighted by molar-refractivity contribution is -0.138. The molecule has 0 saturated heterocycles. The minimum atomic E-state index is -4.66. The lowest BCUT2D eigenvalue weighted by Gasteiger charge is -2.48. The Balaban J connectivity index is 0.954. The summed E-state index contributed by atoms with van der Waals surface area (Å²) in [5.41, 5.74) is 0.654. The lowest BCUT2D eigenvalue weighted by atomic mass is 9.65. The minimum absolute atomic E-state index is 0.0383. The van der Waals surface area contributed by atoms with Crippen LogP contribution in [0.3, 0.4) is 0 Å². The van der Waals surface area contributed by atoms with Crippen molar-refractivity contribution in [2.75, 3.05) is 0 Å². The summed E-state index contributed by atoms with van der Waals surface area (Å²) in [5, 5.41) is 0. The maximum atomic E-state index is 13.8. The zero-order valence-electron chi connectivity index (χ0n) is 34.8. The van der Waals surface area contributed by atoms with Crippen molar-refractivity contribution in [1.82, 2.24) is 0 Å². The summed E-state index contributed by atoms with van der Waals surface area (Å²) in [7, 11) is 0. The van der Waals surface area contributed by atoms with Gasteiger partial charge in [0, 0.05) is 55.0 Å². The average Bonchev–Trinajstić information content (AvgIpc) is 4.02. The number of carbonyl (C=O) groups excluding carboxylic acids is 4. The predicted molar refractivity (Wildman–Crippen MR) is 238 cm³/mol. The fourth-order valence-electron chi connectivity index (χ4n) is 11.4. The van der Waals surface area contributed by atoms with Crippen molar-refractivity contribution in [3.8, 4) is 11.5 Å². The van der Waals surface area contributed by atoms with E-state index in [-0.39, 0.29) is 45.2 Å². The van der Waals surface area contributed by atoms with Crippen molar-refractivity contribution in [1.29, 1.82) is 0 Å².